The number of hydrogen-bond acceptors (Lipinski definition) is 2. The third-order valence-corrected chi connectivity index (χ3v) is 1.77. The average molecular weight is 182 g/mol. The molecule has 0 saturated carbocycles. The molecule has 1 unspecified atom stereocenters. The van der Waals surface area contributed by atoms with E-state index in [1.54, 1.807) is 18.2 Å². The Hall–Kier alpha value is -1.51. The monoisotopic (exact) mass is 182 g/mol. The number of para-hydroxylation sites is 1. The van der Waals surface area contributed by atoms with Crippen LogP contribution in [0.25, 0.3) is 0 Å². The van der Waals surface area contributed by atoms with Gasteiger partial charge >= 0.3 is 5.97 Å². The van der Waals surface area contributed by atoms with Crippen molar-refractivity contribution in [2.45, 2.75) is 20.3 Å². The molecule has 0 radical (unpaired) electrons. The first kappa shape index (κ1) is 11.5. The highest BCUT2D eigenvalue weighted by atomic mass is 16.4. The molecule has 0 aromatic heterocycles. The van der Waals surface area contributed by atoms with Crippen molar-refractivity contribution in [1.29, 1.82) is 0 Å². The fourth-order valence-corrected chi connectivity index (χ4v) is 0.987. The molecule has 1 aromatic rings. The molecule has 0 saturated heterocycles. The number of carboxylic acids is 1. The Morgan fingerprint density at radius 2 is 1.92 bits per heavy atom. The van der Waals surface area contributed by atoms with Crippen LogP contribution in [0.4, 0.5) is 0 Å². The van der Waals surface area contributed by atoms with Crippen LogP contribution >= 0.6 is 0 Å². The molecule has 72 valence electrons. The van der Waals surface area contributed by atoms with E-state index in [-0.39, 0.29) is 13.2 Å². The topological polar surface area (TPSA) is 57.5 Å². The molecule has 0 fully saturated rings. The van der Waals surface area contributed by atoms with Gasteiger partial charge in [0.1, 0.15) is 5.75 Å². The summed E-state index contributed by atoms with van der Waals surface area (Å²) in [6, 6.07) is 6.45. The summed E-state index contributed by atoms with van der Waals surface area (Å²) in [4.78, 5) is 10.5. The van der Waals surface area contributed by atoms with E-state index in [0.29, 0.717) is 5.56 Å². The van der Waals surface area contributed by atoms with Gasteiger partial charge < -0.3 is 10.2 Å². The van der Waals surface area contributed by atoms with Crippen LogP contribution in [0.5, 0.6) is 5.75 Å². The maximum absolute atomic E-state index is 10.5. The van der Waals surface area contributed by atoms with Crippen molar-refractivity contribution in [2.75, 3.05) is 0 Å². The van der Waals surface area contributed by atoms with Crippen LogP contribution in [-0.4, -0.2) is 16.2 Å². The maximum atomic E-state index is 10.5. The zero-order valence-electron chi connectivity index (χ0n) is 6.69. The van der Waals surface area contributed by atoms with Crippen molar-refractivity contribution in [2.24, 2.45) is 0 Å². The van der Waals surface area contributed by atoms with Gasteiger partial charge in [-0.05, 0) is 13.0 Å². The highest BCUT2D eigenvalue weighted by molar-refractivity contribution is 5.76. The predicted octanol–water partition coefficient (Wildman–Crippen LogP) is 2.22. The van der Waals surface area contributed by atoms with E-state index in [4.69, 9.17) is 5.11 Å². The van der Waals surface area contributed by atoms with Crippen molar-refractivity contribution in [3.8, 4) is 5.75 Å². The van der Waals surface area contributed by atoms with E-state index in [1.165, 1.54) is 13.0 Å². The SMILES string of the molecule is C.CC(C(=O)O)c1ccccc1O. The molecule has 1 atom stereocenters. The summed E-state index contributed by atoms with van der Waals surface area (Å²) in [5.41, 5.74) is 0.449. The number of phenolic OH excluding ortho intramolecular Hbond substituents is 1. The lowest BCUT2D eigenvalue weighted by atomic mass is 10.0. The summed E-state index contributed by atoms with van der Waals surface area (Å²) < 4.78 is 0. The normalized spacial score (nSPS) is 11.5. The number of carbonyl (C=O) groups is 1. The van der Waals surface area contributed by atoms with E-state index in [0.717, 1.165) is 0 Å². The molecule has 0 aliphatic rings. The van der Waals surface area contributed by atoms with Gasteiger partial charge in [0, 0.05) is 5.56 Å². The molecule has 0 heterocycles. The van der Waals surface area contributed by atoms with Gasteiger partial charge in [0.2, 0.25) is 0 Å². The van der Waals surface area contributed by atoms with E-state index < -0.39 is 11.9 Å². The first-order chi connectivity index (χ1) is 5.63. The van der Waals surface area contributed by atoms with Crippen molar-refractivity contribution >= 4 is 5.97 Å². The Labute approximate surface area is 77.6 Å². The summed E-state index contributed by atoms with van der Waals surface area (Å²) >= 11 is 0. The van der Waals surface area contributed by atoms with Crippen molar-refractivity contribution in [3.63, 3.8) is 0 Å². The third kappa shape index (κ3) is 2.47. The van der Waals surface area contributed by atoms with E-state index >= 15 is 0 Å². The minimum atomic E-state index is -0.934. The Morgan fingerprint density at radius 3 is 2.38 bits per heavy atom. The molecule has 1 rings (SSSR count). The molecular weight excluding hydrogens is 168 g/mol. The number of phenols is 1. The zero-order valence-corrected chi connectivity index (χ0v) is 6.69. The van der Waals surface area contributed by atoms with Gasteiger partial charge in [-0.1, -0.05) is 25.6 Å². The number of aliphatic carboxylic acids is 1. The Kier molecular flexibility index (Phi) is 3.98. The molecule has 13 heavy (non-hydrogen) atoms. The maximum Gasteiger partial charge on any atom is 0.310 e. The highest BCUT2D eigenvalue weighted by Crippen LogP contribution is 2.24. The molecule has 3 heteroatoms. The molecule has 2 N–H and O–H groups in total. The lowest BCUT2D eigenvalue weighted by Gasteiger charge is -2.07. The fourth-order valence-electron chi connectivity index (χ4n) is 0.987. The minimum absolute atomic E-state index is 0. The smallest absolute Gasteiger partial charge is 0.310 e. The second-order valence-corrected chi connectivity index (χ2v) is 2.62. The molecule has 1 aromatic carbocycles. The molecule has 0 amide bonds. The number of carboxylic acid groups (broad SMARTS) is 1. The Bertz CT molecular complexity index is 294. The second-order valence-electron chi connectivity index (χ2n) is 2.62. The van der Waals surface area contributed by atoms with Gasteiger partial charge in [0.05, 0.1) is 5.92 Å². The zero-order chi connectivity index (χ0) is 9.14. The number of aromatic hydroxyl groups is 1. The molecule has 0 spiro atoms. The van der Waals surface area contributed by atoms with E-state index in [2.05, 4.69) is 0 Å². The lowest BCUT2D eigenvalue weighted by Crippen LogP contribution is -2.07. The Balaban J connectivity index is 0.00000144. The van der Waals surface area contributed by atoms with Gasteiger partial charge in [0.15, 0.2) is 0 Å². The first-order valence-corrected chi connectivity index (χ1v) is 3.63. The summed E-state index contributed by atoms with van der Waals surface area (Å²) in [7, 11) is 0. The van der Waals surface area contributed by atoms with Crippen LogP contribution in [0.1, 0.15) is 25.8 Å². The largest absolute Gasteiger partial charge is 0.508 e. The van der Waals surface area contributed by atoms with Crippen LogP contribution < -0.4 is 0 Å². The summed E-state index contributed by atoms with van der Waals surface area (Å²) in [6.07, 6.45) is 0. The standard InChI is InChI=1S/C9H10O3.CH4/c1-6(9(11)12)7-4-2-3-5-8(7)10;/h2-6,10H,1H3,(H,11,12);1H4. The van der Waals surface area contributed by atoms with Gasteiger partial charge in [-0.3, -0.25) is 4.79 Å². The highest BCUT2D eigenvalue weighted by Gasteiger charge is 2.16. The number of hydrogen-bond donors (Lipinski definition) is 2. The van der Waals surface area contributed by atoms with Crippen molar-refractivity contribution in [3.05, 3.63) is 29.8 Å². The van der Waals surface area contributed by atoms with Gasteiger partial charge in [0.25, 0.3) is 0 Å². The fraction of sp³-hybridized carbons (Fsp3) is 0.300. The number of rotatable bonds is 2. The summed E-state index contributed by atoms with van der Waals surface area (Å²) in [6.45, 7) is 1.54. The molecule has 0 aliphatic heterocycles. The van der Waals surface area contributed by atoms with E-state index in [1.807, 2.05) is 0 Å². The van der Waals surface area contributed by atoms with Crippen molar-refractivity contribution < 1.29 is 15.0 Å². The summed E-state index contributed by atoms with van der Waals surface area (Å²) in [5, 5.41) is 17.9. The van der Waals surface area contributed by atoms with Crippen LogP contribution in [0.3, 0.4) is 0 Å². The summed E-state index contributed by atoms with van der Waals surface area (Å²) in [5.74, 6) is -1.56. The second kappa shape index (κ2) is 4.50. The van der Waals surface area contributed by atoms with Crippen LogP contribution in [0.15, 0.2) is 24.3 Å². The lowest BCUT2D eigenvalue weighted by molar-refractivity contribution is -0.138. The van der Waals surface area contributed by atoms with Gasteiger partial charge in [-0.2, -0.15) is 0 Å². The van der Waals surface area contributed by atoms with Gasteiger partial charge in [-0.25, -0.2) is 0 Å². The number of benzene rings is 1. The predicted molar refractivity (Wildman–Crippen MR) is 50.9 cm³/mol. The molecule has 0 bridgehead atoms. The third-order valence-electron chi connectivity index (χ3n) is 1.77. The molecule has 0 aliphatic carbocycles. The average Bonchev–Trinajstić information content (AvgIpc) is 2.04. The van der Waals surface area contributed by atoms with Crippen molar-refractivity contribution in [1.82, 2.24) is 0 Å². The first-order valence-electron chi connectivity index (χ1n) is 3.63. The quantitative estimate of drug-likeness (QED) is 0.737. The Morgan fingerprint density at radius 1 is 1.38 bits per heavy atom. The van der Waals surface area contributed by atoms with Crippen LogP contribution in [0, 0.1) is 0 Å². The van der Waals surface area contributed by atoms with Crippen LogP contribution in [-0.2, 0) is 4.79 Å². The molecular formula is C10H14O3. The van der Waals surface area contributed by atoms with Gasteiger partial charge in [-0.15, -0.1) is 0 Å². The van der Waals surface area contributed by atoms with E-state index in [9.17, 15) is 9.90 Å². The minimum Gasteiger partial charge on any atom is -0.508 e. The molecule has 3 nitrogen and oxygen atoms in total. The van der Waals surface area contributed by atoms with Crippen LogP contribution in [0.2, 0.25) is 0 Å².